The van der Waals surface area contributed by atoms with Crippen LogP contribution in [0.5, 0.6) is 0 Å². The predicted octanol–water partition coefficient (Wildman–Crippen LogP) is 2.13. The van der Waals surface area contributed by atoms with Crippen molar-refractivity contribution in [3.63, 3.8) is 0 Å². The average molecular weight is 400 g/mol. The van der Waals surface area contributed by atoms with Crippen LogP contribution in [0.3, 0.4) is 0 Å². The molecule has 2 aromatic carbocycles. The lowest BCUT2D eigenvalue weighted by Crippen LogP contribution is -3.15. The zero-order valence-corrected chi connectivity index (χ0v) is 16.1. The summed E-state index contributed by atoms with van der Waals surface area (Å²) in [6.45, 7) is 3.59. The fourth-order valence-corrected chi connectivity index (χ4v) is 5.25. The number of quaternary nitrogens is 1. The second-order valence-electron chi connectivity index (χ2n) is 6.21. The Kier molecular flexibility index (Phi) is 6.02. The molecule has 0 bridgehead atoms. The van der Waals surface area contributed by atoms with E-state index in [0.717, 1.165) is 26.1 Å². The molecule has 1 heterocycles. The number of piperazine rings is 1. The van der Waals surface area contributed by atoms with E-state index < -0.39 is 10.0 Å². The number of nitrogens with one attached hydrogen (secondary N) is 1. The third-order valence-electron chi connectivity index (χ3n) is 4.55. The smallest absolute Gasteiger partial charge is 0.245 e. The lowest BCUT2D eigenvalue weighted by molar-refractivity contribution is -0.903. The summed E-state index contributed by atoms with van der Waals surface area (Å²) in [5.74, 6) is 0. The molecule has 1 saturated heterocycles. The molecule has 0 aromatic heterocycles. The highest BCUT2D eigenvalue weighted by Gasteiger charge is 2.31. The van der Waals surface area contributed by atoms with Crippen LogP contribution in [0.4, 0.5) is 0 Å². The molecule has 1 aliphatic rings. The fourth-order valence-electron chi connectivity index (χ4n) is 3.07. The zero-order chi connectivity index (χ0) is 17.9. The first-order valence-corrected chi connectivity index (χ1v) is 10.5. The molecule has 0 spiro atoms. The van der Waals surface area contributed by atoms with E-state index in [4.69, 9.17) is 23.2 Å². The Balaban J connectivity index is 1.60. The van der Waals surface area contributed by atoms with Crippen LogP contribution in [-0.4, -0.2) is 45.4 Å². The standard InChI is InChI=1S/C18H20Cl2N2O2S/c19-16-6-7-17(20)18(14-16)25(23,24)22-12-10-21(11-13-22)9-8-15-4-2-1-3-5-15/h1-7,14H,8-13H2/p+1. The predicted molar refractivity (Wildman–Crippen MR) is 101 cm³/mol. The first kappa shape index (κ1) is 18.7. The first-order chi connectivity index (χ1) is 12.0. The van der Waals surface area contributed by atoms with Crippen LogP contribution in [0.2, 0.25) is 10.0 Å². The Bertz CT molecular complexity index is 820. The van der Waals surface area contributed by atoms with Crippen LogP contribution in [0.1, 0.15) is 5.56 Å². The summed E-state index contributed by atoms with van der Waals surface area (Å²) in [6, 6.07) is 14.9. The van der Waals surface area contributed by atoms with Gasteiger partial charge in [-0.25, -0.2) is 8.42 Å². The molecule has 7 heteroatoms. The van der Waals surface area contributed by atoms with Gasteiger partial charge < -0.3 is 4.90 Å². The molecule has 4 nitrogen and oxygen atoms in total. The highest BCUT2D eigenvalue weighted by Crippen LogP contribution is 2.27. The molecule has 0 unspecified atom stereocenters. The van der Waals surface area contributed by atoms with Gasteiger partial charge in [0, 0.05) is 11.4 Å². The maximum absolute atomic E-state index is 12.8. The molecule has 1 N–H and O–H groups in total. The normalized spacial score (nSPS) is 16.9. The van der Waals surface area contributed by atoms with Crippen molar-refractivity contribution in [3.05, 3.63) is 64.1 Å². The Hall–Kier alpha value is -1.11. The van der Waals surface area contributed by atoms with Crippen molar-refractivity contribution < 1.29 is 13.3 Å². The lowest BCUT2D eigenvalue weighted by Gasteiger charge is -2.31. The van der Waals surface area contributed by atoms with Crippen LogP contribution in [0.25, 0.3) is 0 Å². The number of halogens is 2. The van der Waals surface area contributed by atoms with Crippen LogP contribution in [-0.2, 0) is 16.4 Å². The molecule has 2 aromatic rings. The quantitative estimate of drug-likeness (QED) is 0.836. The minimum absolute atomic E-state index is 0.0920. The summed E-state index contributed by atoms with van der Waals surface area (Å²) >= 11 is 12.0. The van der Waals surface area contributed by atoms with Crippen molar-refractivity contribution in [1.29, 1.82) is 0 Å². The summed E-state index contributed by atoms with van der Waals surface area (Å²) in [5, 5.41) is 0.582. The molecule has 134 valence electrons. The number of nitrogens with zero attached hydrogens (tertiary/aromatic N) is 1. The van der Waals surface area contributed by atoms with Crippen LogP contribution >= 0.6 is 23.2 Å². The maximum Gasteiger partial charge on any atom is 0.245 e. The zero-order valence-electron chi connectivity index (χ0n) is 13.8. The molecular formula is C18H21Cl2N2O2S+. The molecule has 0 saturated carbocycles. The number of benzene rings is 2. The largest absolute Gasteiger partial charge is 0.332 e. The summed E-state index contributed by atoms with van der Waals surface area (Å²) in [6.07, 6.45) is 1.00. The minimum Gasteiger partial charge on any atom is -0.332 e. The van der Waals surface area contributed by atoms with E-state index in [1.54, 1.807) is 6.07 Å². The summed E-state index contributed by atoms with van der Waals surface area (Å²) in [5.41, 5.74) is 1.32. The maximum atomic E-state index is 12.8. The first-order valence-electron chi connectivity index (χ1n) is 8.29. The van der Waals surface area contributed by atoms with Crippen LogP contribution in [0.15, 0.2) is 53.4 Å². The Morgan fingerprint density at radius 2 is 1.68 bits per heavy atom. The van der Waals surface area contributed by atoms with Gasteiger partial charge in [-0.3, -0.25) is 0 Å². The van der Waals surface area contributed by atoms with Gasteiger partial charge in [-0.2, -0.15) is 4.31 Å². The van der Waals surface area contributed by atoms with E-state index in [1.165, 1.54) is 26.9 Å². The number of hydrogen-bond acceptors (Lipinski definition) is 2. The average Bonchev–Trinajstić information content (AvgIpc) is 2.63. The fraction of sp³-hybridized carbons (Fsp3) is 0.333. The van der Waals surface area contributed by atoms with E-state index in [2.05, 4.69) is 12.1 Å². The summed E-state index contributed by atoms with van der Waals surface area (Å²) < 4.78 is 27.2. The molecule has 0 atom stereocenters. The van der Waals surface area contributed by atoms with Gasteiger partial charge in [0.15, 0.2) is 0 Å². The van der Waals surface area contributed by atoms with Gasteiger partial charge in [-0.05, 0) is 23.8 Å². The Morgan fingerprint density at radius 1 is 1.00 bits per heavy atom. The Morgan fingerprint density at radius 3 is 2.36 bits per heavy atom. The van der Waals surface area contributed by atoms with Gasteiger partial charge in [-0.15, -0.1) is 0 Å². The molecular weight excluding hydrogens is 379 g/mol. The van der Waals surface area contributed by atoms with E-state index in [-0.39, 0.29) is 9.92 Å². The van der Waals surface area contributed by atoms with Crippen LogP contribution in [0, 0.1) is 0 Å². The summed E-state index contributed by atoms with van der Waals surface area (Å²) in [7, 11) is -3.60. The van der Waals surface area contributed by atoms with Gasteiger partial charge in [0.05, 0.1) is 37.7 Å². The number of hydrogen-bond donors (Lipinski definition) is 1. The van der Waals surface area contributed by atoms with E-state index in [9.17, 15) is 8.42 Å². The van der Waals surface area contributed by atoms with Gasteiger partial charge in [0.1, 0.15) is 4.90 Å². The van der Waals surface area contributed by atoms with E-state index in [1.807, 2.05) is 18.2 Å². The van der Waals surface area contributed by atoms with Gasteiger partial charge >= 0.3 is 0 Å². The molecule has 0 amide bonds. The van der Waals surface area contributed by atoms with Crippen molar-refractivity contribution in [2.45, 2.75) is 11.3 Å². The topological polar surface area (TPSA) is 41.8 Å². The van der Waals surface area contributed by atoms with Crippen LogP contribution < -0.4 is 4.90 Å². The van der Waals surface area contributed by atoms with Gasteiger partial charge in [0.2, 0.25) is 10.0 Å². The van der Waals surface area contributed by atoms with Crippen molar-refractivity contribution in [3.8, 4) is 0 Å². The number of rotatable bonds is 5. The number of sulfonamides is 1. The molecule has 3 rings (SSSR count). The van der Waals surface area contributed by atoms with Crippen molar-refractivity contribution in [1.82, 2.24) is 4.31 Å². The highest BCUT2D eigenvalue weighted by molar-refractivity contribution is 7.89. The monoisotopic (exact) mass is 399 g/mol. The molecule has 1 aliphatic heterocycles. The minimum atomic E-state index is -3.60. The van der Waals surface area contributed by atoms with E-state index >= 15 is 0 Å². The Labute approximate surface area is 159 Å². The molecule has 0 radical (unpaired) electrons. The van der Waals surface area contributed by atoms with Gasteiger partial charge in [0.25, 0.3) is 0 Å². The van der Waals surface area contributed by atoms with Crippen molar-refractivity contribution in [2.75, 3.05) is 32.7 Å². The second kappa shape index (κ2) is 8.06. The second-order valence-corrected chi connectivity index (χ2v) is 8.96. The SMILES string of the molecule is O=S(=O)(c1cc(Cl)ccc1Cl)N1CC[NH+](CCc2ccccc2)CC1. The third-order valence-corrected chi connectivity index (χ3v) is 7.17. The van der Waals surface area contributed by atoms with Gasteiger partial charge in [-0.1, -0.05) is 53.5 Å². The molecule has 0 aliphatic carbocycles. The third kappa shape index (κ3) is 4.54. The van der Waals surface area contributed by atoms with Crippen molar-refractivity contribution >= 4 is 33.2 Å². The van der Waals surface area contributed by atoms with Crippen molar-refractivity contribution in [2.24, 2.45) is 0 Å². The lowest BCUT2D eigenvalue weighted by atomic mass is 10.1. The highest BCUT2D eigenvalue weighted by atomic mass is 35.5. The summed E-state index contributed by atoms with van der Waals surface area (Å²) in [4.78, 5) is 1.52. The molecule has 1 fully saturated rings. The van der Waals surface area contributed by atoms with E-state index in [0.29, 0.717) is 18.1 Å². The molecule has 25 heavy (non-hydrogen) atoms.